The Morgan fingerprint density at radius 2 is 1.54 bits per heavy atom. The van der Waals surface area contributed by atoms with Crippen molar-refractivity contribution in [1.29, 1.82) is 0 Å². The van der Waals surface area contributed by atoms with E-state index in [1.54, 1.807) is 6.92 Å². The minimum Gasteiger partial charge on any atom is -0.480 e. The number of amides is 2. The number of hydrogen-bond donors (Lipinski definition) is 3. The lowest BCUT2D eigenvalue weighted by molar-refractivity contribution is -0.142. The number of benzene rings is 2. The van der Waals surface area contributed by atoms with E-state index in [2.05, 4.69) is 34.9 Å². The highest BCUT2D eigenvalue weighted by Gasteiger charge is 2.31. The van der Waals surface area contributed by atoms with Crippen molar-refractivity contribution in [3.63, 3.8) is 0 Å². The Balaban J connectivity index is 1.41. The SMILES string of the molecule is CC[C@@H](NC(=O)CC(NC(=O)OCC1c2ccccc2-c2ccccc21)C1CCCCC1)C(=O)O. The highest BCUT2D eigenvalue weighted by atomic mass is 16.5. The molecule has 0 aromatic heterocycles. The molecule has 7 nitrogen and oxygen atoms in total. The second-order valence-corrected chi connectivity index (χ2v) is 9.55. The van der Waals surface area contributed by atoms with Gasteiger partial charge in [-0.3, -0.25) is 4.79 Å². The summed E-state index contributed by atoms with van der Waals surface area (Å²) >= 11 is 0. The summed E-state index contributed by atoms with van der Waals surface area (Å²) in [5.74, 6) is -1.29. The number of hydrogen-bond acceptors (Lipinski definition) is 4. The lowest BCUT2D eigenvalue weighted by Crippen LogP contribution is -2.47. The molecule has 1 unspecified atom stereocenters. The molecule has 1 fully saturated rings. The minimum absolute atomic E-state index is 0.0366. The van der Waals surface area contributed by atoms with E-state index < -0.39 is 24.1 Å². The van der Waals surface area contributed by atoms with Crippen LogP contribution in [0.5, 0.6) is 0 Å². The van der Waals surface area contributed by atoms with Gasteiger partial charge in [-0.05, 0) is 47.4 Å². The van der Waals surface area contributed by atoms with E-state index in [1.807, 2.05) is 24.3 Å². The number of rotatable bonds is 9. The zero-order valence-corrected chi connectivity index (χ0v) is 20.2. The Morgan fingerprint density at radius 3 is 2.11 bits per heavy atom. The van der Waals surface area contributed by atoms with Gasteiger partial charge in [-0.25, -0.2) is 9.59 Å². The van der Waals surface area contributed by atoms with Gasteiger partial charge in [0.1, 0.15) is 12.6 Å². The summed E-state index contributed by atoms with van der Waals surface area (Å²) in [6.07, 6.45) is 4.92. The molecule has 7 heteroatoms. The van der Waals surface area contributed by atoms with Crippen molar-refractivity contribution in [3.8, 4) is 11.1 Å². The van der Waals surface area contributed by atoms with Gasteiger partial charge in [0.2, 0.25) is 5.91 Å². The Hall–Kier alpha value is -3.35. The molecular formula is C28H34N2O5. The highest BCUT2D eigenvalue weighted by Crippen LogP contribution is 2.44. The van der Waals surface area contributed by atoms with Gasteiger partial charge in [0.05, 0.1) is 0 Å². The maximum Gasteiger partial charge on any atom is 0.407 e. The van der Waals surface area contributed by atoms with Gasteiger partial charge >= 0.3 is 12.1 Å². The number of carbonyl (C=O) groups excluding carboxylic acids is 2. The van der Waals surface area contributed by atoms with Gasteiger partial charge in [0, 0.05) is 18.4 Å². The first-order valence-electron chi connectivity index (χ1n) is 12.6. The van der Waals surface area contributed by atoms with E-state index >= 15 is 0 Å². The molecule has 2 aliphatic rings. The topological polar surface area (TPSA) is 105 Å². The molecule has 186 valence electrons. The average Bonchev–Trinajstić information content (AvgIpc) is 3.19. The molecule has 2 atom stereocenters. The molecule has 0 saturated heterocycles. The largest absolute Gasteiger partial charge is 0.480 e. The lowest BCUT2D eigenvalue weighted by Gasteiger charge is -2.30. The van der Waals surface area contributed by atoms with Crippen molar-refractivity contribution in [2.45, 2.75) is 69.9 Å². The third-order valence-electron chi connectivity index (χ3n) is 7.31. The predicted molar refractivity (Wildman–Crippen MR) is 133 cm³/mol. The Morgan fingerprint density at radius 1 is 0.943 bits per heavy atom. The molecule has 3 N–H and O–H groups in total. The fourth-order valence-electron chi connectivity index (χ4n) is 5.45. The summed E-state index contributed by atoms with van der Waals surface area (Å²) < 4.78 is 5.71. The third kappa shape index (κ3) is 5.84. The monoisotopic (exact) mass is 478 g/mol. The maximum atomic E-state index is 12.9. The van der Waals surface area contributed by atoms with Crippen molar-refractivity contribution in [3.05, 3.63) is 59.7 Å². The van der Waals surface area contributed by atoms with Gasteiger partial charge in [0.15, 0.2) is 0 Å². The molecular weight excluding hydrogens is 444 g/mol. The summed E-state index contributed by atoms with van der Waals surface area (Å²) in [6.45, 7) is 1.92. The van der Waals surface area contributed by atoms with E-state index in [0.29, 0.717) is 6.42 Å². The van der Waals surface area contributed by atoms with Crippen LogP contribution in [0.1, 0.15) is 68.9 Å². The number of carboxylic acid groups (broad SMARTS) is 1. The summed E-state index contributed by atoms with van der Waals surface area (Å²) in [7, 11) is 0. The van der Waals surface area contributed by atoms with Gasteiger partial charge in [-0.1, -0.05) is 74.7 Å². The molecule has 4 rings (SSSR count). The summed E-state index contributed by atoms with van der Waals surface area (Å²) in [4.78, 5) is 36.8. The molecule has 2 aliphatic carbocycles. The van der Waals surface area contributed by atoms with Crippen LogP contribution in [0.3, 0.4) is 0 Å². The summed E-state index contributed by atoms with van der Waals surface area (Å²) in [6, 6.07) is 15.0. The fourth-order valence-corrected chi connectivity index (χ4v) is 5.45. The van der Waals surface area contributed by atoms with Gasteiger partial charge < -0.3 is 20.5 Å². The molecule has 0 heterocycles. The molecule has 2 aromatic carbocycles. The fraction of sp³-hybridized carbons (Fsp3) is 0.464. The van der Waals surface area contributed by atoms with Crippen molar-refractivity contribution in [2.24, 2.45) is 5.92 Å². The molecule has 0 bridgehead atoms. The molecule has 2 aromatic rings. The number of fused-ring (bicyclic) bond motifs is 3. The van der Waals surface area contributed by atoms with Crippen LogP contribution in [0, 0.1) is 5.92 Å². The van der Waals surface area contributed by atoms with E-state index in [0.717, 1.165) is 54.4 Å². The molecule has 0 radical (unpaired) electrons. The predicted octanol–water partition coefficient (Wildman–Crippen LogP) is 4.84. The highest BCUT2D eigenvalue weighted by molar-refractivity contribution is 5.84. The van der Waals surface area contributed by atoms with Gasteiger partial charge in [0.25, 0.3) is 0 Å². The quantitative estimate of drug-likeness (QED) is 0.478. The first-order valence-corrected chi connectivity index (χ1v) is 12.6. The second kappa shape index (κ2) is 11.4. The van der Waals surface area contributed by atoms with Crippen LogP contribution in [0.2, 0.25) is 0 Å². The van der Waals surface area contributed by atoms with E-state index in [4.69, 9.17) is 4.74 Å². The smallest absolute Gasteiger partial charge is 0.407 e. The Kier molecular flexibility index (Phi) is 8.06. The van der Waals surface area contributed by atoms with Gasteiger partial charge in [-0.2, -0.15) is 0 Å². The van der Waals surface area contributed by atoms with Gasteiger partial charge in [-0.15, -0.1) is 0 Å². The maximum absolute atomic E-state index is 12.9. The number of nitrogens with one attached hydrogen (secondary N) is 2. The van der Waals surface area contributed by atoms with Crippen molar-refractivity contribution in [1.82, 2.24) is 10.6 Å². The first kappa shape index (κ1) is 24.8. The molecule has 0 spiro atoms. The van der Waals surface area contributed by atoms with E-state index in [9.17, 15) is 19.5 Å². The number of carboxylic acids is 1. The Labute approximate surface area is 206 Å². The van der Waals surface area contributed by atoms with Crippen LogP contribution in [0.25, 0.3) is 11.1 Å². The molecule has 0 aliphatic heterocycles. The van der Waals surface area contributed by atoms with Crippen LogP contribution in [-0.2, 0) is 14.3 Å². The molecule has 35 heavy (non-hydrogen) atoms. The van der Waals surface area contributed by atoms with E-state index in [1.165, 1.54) is 0 Å². The Bertz CT molecular complexity index is 1020. The van der Waals surface area contributed by atoms with E-state index in [-0.39, 0.29) is 30.8 Å². The van der Waals surface area contributed by atoms with Crippen molar-refractivity contribution >= 4 is 18.0 Å². The van der Waals surface area contributed by atoms with Crippen LogP contribution in [0.4, 0.5) is 4.79 Å². The minimum atomic E-state index is -1.06. The number of carbonyl (C=O) groups is 3. The van der Waals surface area contributed by atoms with Crippen molar-refractivity contribution < 1.29 is 24.2 Å². The van der Waals surface area contributed by atoms with Crippen LogP contribution in [-0.4, -0.2) is 41.8 Å². The molecule has 2 amide bonds. The summed E-state index contributed by atoms with van der Waals surface area (Å²) in [5, 5.41) is 14.8. The zero-order valence-electron chi connectivity index (χ0n) is 20.2. The number of ether oxygens (including phenoxy) is 1. The average molecular weight is 479 g/mol. The normalized spacial score (nSPS) is 17.1. The van der Waals surface area contributed by atoms with Crippen LogP contribution >= 0.6 is 0 Å². The number of aliphatic carboxylic acids is 1. The third-order valence-corrected chi connectivity index (χ3v) is 7.31. The van der Waals surface area contributed by atoms with Crippen molar-refractivity contribution in [2.75, 3.05) is 6.61 Å². The standard InChI is InChI=1S/C28H34N2O5/c1-2-24(27(32)33)29-26(31)16-25(18-10-4-3-5-11-18)30-28(34)35-17-23-21-14-8-6-12-19(21)20-13-7-9-15-22(20)23/h6-9,12-15,18,23-25H,2-5,10-11,16-17H2,1H3,(H,29,31)(H,30,34)(H,32,33)/t24-,25?/m1/s1. The van der Waals surface area contributed by atoms with Crippen LogP contribution in [0.15, 0.2) is 48.5 Å². The zero-order chi connectivity index (χ0) is 24.8. The number of alkyl carbamates (subject to hydrolysis) is 1. The summed E-state index contributed by atoms with van der Waals surface area (Å²) in [5.41, 5.74) is 4.61. The van der Waals surface area contributed by atoms with Crippen LogP contribution < -0.4 is 10.6 Å². The lowest BCUT2D eigenvalue weighted by atomic mass is 9.82. The first-order chi connectivity index (χ1) is 17.0. The second-order valence-electron chi connectivity index (χ2n) is 9.55. The molecule has 1 saturated carbocycles.